The number of hydrogen-bond acceptors (Lipinski definition) is 4. The van der Waals surface area contributed by atoms with Gasteiger partial charge in [0.05, 0.1) is 12.1 Å². The molecule has 1 saturated heterocycles. The third kappa shape index (κ3) is 4.22. The van der Waals surface area contributed by atoms with E-state index in [0.717, 1.165) is 30.7 Å². The van der Waals surface area contributed by atoms with Crippen LogP contribution < -0.4 is 5.32 Å². The van der Waals surface area contributed by atoms with Crippen molar-refractivity contribution in [3.63, 3.8) is 0 Å². The Hall–Kier alpha value is -2.73. The van der Waals surface area contributed by atoms with Crippen molar-refractivity contribution in [3.8, 4) is 0 Å². The zero-order chi connectivity index (χ0) is 19.3. The second-order valence-corrected chi connectivity index (χ2v) is 7.54. The molecule has 1 fully saturated rings. The summed E-state index contributed by atoms with van der Waals surface area (Å²) in [6, 6.07) is 13.9. The molecule has 1 N–H and O–H groups in total. The van der Waals surface area contributed by atoms with E-state index in [9.17, 15) is 4.79 Å². The van der Waals surface area contributed by atoms with E-state index in [-0.39, 0.29) is 5.91 Å². The van der Waals surface area contributed by atoms with Crippen molar-refractivity contribution in [1.29, 1.82) is 0 Å². The smallest absolute Gasteiger partial charge is 0.251 e. The Balaban J connectivity index is 1.40. The number of likely N-dealkylation sites (tertiary alicyclic amines) is 1. The van der Waals surface area contributed by atoms with E-state index >= 15 is 0 Å². The molecular weight excluding hydrogens is 350 g/mol. The van der Waals surface area contributed by atoms with Gasteiger partial charge in [0, 0.05) is 18.7 Å². The molecule has 0 unspecified atom stereocenters. The van der Waals surface area contributed by atoms with Crippen molar-refractivity contribution in [3.05, 3.63) is 59.2 Å². The molecule has 0 aliphatic carbocycles. The molecule has 4 rings (SSSR count). The lowest BCUT2D eigenvalue weighted by Gasteiger charge is -2.26. The average Bonchev–Trinajstić information content (AvgIpc) is 3.12. The lowest BCUT2D eigenvalue weighted by molar-refractivity contribution is 0.0946. The number of piperidine rings is 1. The maximum Gasteiger partial charge on any atom is 0.251 e. The Kier molecular flexibility index (Phi) is 5.67. The summed E-state index contributed by atoms with van der Waals surface area (Å²) in [4.78, 5) is 14.9. The van der Waals surface area contributed by atoms with Gasteiger partial charge >= 0.3 is 0 Å². The molecule has 6 nitrogen and oxygen atoms in total. The Morgan fingerprint density at radius 3 is 2.75 bits per heavy atom. The first-order valence-corrected chi connectivity index (χ1v) is 10.1. The summed E-state index contributed by atoms with van der Waals surface area (Å²) < 4.78 is 1.88. The first kappa shape index (κ1) is 18.6. The van der Waals surface area contributed by atoms with Gasteiger partial charge in [-0.15, -0.1) is 5.10 Å². The van der Waals surface area contributed by atoms with Crippen molar-refractivity contribution >= 4 is 16.9 Å². The second kappa shape index (κ2) is 8.52. The van der Waals surface area contributed by atoms with Crippen molar-refractivity contribution in [2.24, 2.45) is 0 Å². The van der Waals surface area contributed by atoms with Gasteiger partial charge in [-0.25, -0.2) is 4.68 Å². The van der Waals surface area contributed by atoms with E-state index in [0.29, 0.717) is 18.7 Å². The van der Waals surface area contributed by atoms with Crippen LogP contribution in [0.2, 0.25) is 0 Å². The van der Waals surface area contributed by atoms with E-state index < -0.39 is 0 Å². The van der Waals surface area contributed by atoms with Crippen molar-refractivity contribution in [2.45, 2.75) is 32.7 Å². The minimum atomic E-state index is -0.0487. The number of nitrogens with zero attached hydrogens (tertiary/aromatic N) is 4. The molecule has 1 aliphatic rings. The number of nitrogens with one attached hydrogen (secondary N) is 1. The van der Waals surface area contributed by atoms with Gasteiger partial charge < -0.3 is 10.2 Å². The predicted molar refractivity (Wildman–Crippen MR) is 110 cm³/mol. The van der Waals surface area contributed by atoms with Crippen LogP contribution in [0, 0.1) is 6.92 Å². The first-order valence-electron chi connectivity index (χ1n) is 10.1. The molecule has 0 saturated carbocycles. The fourth-order valence-corrected chi connectivity index (χ4v) is 3.79. The van der Waals surface area contributed by atoms with Crippen molar-refractivity contribution in [2.75, 3.05) is 26.2 Å². The van der Waals surface area contributed by atoms with Gasteiger partial charge in [-0.1, -0.05) is 35.9 Å². The standard InChI is InChI=1S/C22H27N5O/c1-17-7-3-4-8-19(17)16-27-21-10-9-18(15-20(21)24-25-27)22(28)23-11-14-26-12-5-2-6-13-26/h3-4,7-10,15H,2,5-6,11-14,16H2,1H3,(H,23,28). The molecule has 1 aromatic heterocycles. The van der Waals surface area contributed by atoms with Crippen LogP contribution in [-0.2, 0) is 6.54 Å². The topological polar surface area (TPSA) is 63.1 Å². The van der Waals surface area contributed by atoms with E-state index in [1.54, 1.807) is 0 Å². The van der Waals surface area contributed by atoms with Crippen LogP contribution in [0.4, 0.5) is 0 Å². The number of amides is 1. The van der Waals surface area contributed by atoms with Gasteiger partial charge in [-0.3, -0.25) is 4.79 Å². The summed E-state index contributed by atoms with van der Waals surface area (Å²) in [5.74, 6) is -0.0487. The summed E-state index contributed by atoms with van der Waals surface area (Å²) in [5, 5.41) is 11.6. The molecule has 28 heavy (non-hydrogen) atoms. The van der Waals surface area contributed by atoms with Crippen LogP contribution in [0.3, 0.4) is 0 Å². The molecule has 0 bridgehead atoms. The first-order chi connectivity index (χ1) is 13.7. The van der Waals surface area contributed by atoms with Crippen LogP contribution >= 0.6 is 0 Å². The summed E-state index contributed by atoms with van der Waals surface area (Å²) >= 11 is 0. The van der Waals surface area contributed by atoms with Crippen LogP contribution in [0.15, 0.2) is 42.5 Å². The molecule has 0 radical (unpaired) electrons. The van der Waals surface area contributed by atoms with Crippen LogP contribution in [0.5, 0.6) is 0 Å². The summed E-state index contributed by atoms with van der Waals surface area (Å²) in [6.07, 6.45) is 3.86. The summed E-state index contributed by atoms with van der Waals surface area (Å²) in [6.45, 7) is 6.65. The molecule has 3 aromatic rings. The Morgan fingerprint density at radius 1 is 1.11 bits per heavy atom. The number of fused-ring (bicyclic) bond motifs is 1. The average molecular weight is 377 g/mol. The number of benzene rings is 2. The number of hydrogen-bond donors (Lipinski definition) is 1. The third-order valence-corrected chi connectivity index (χ3v) is 5.52. The van der Waals surface area contributed by atoms with Crippen LogP contribution in [-0.4, -0.2) is 52.0 Å². The molecule has 0 atom stereocenters. The van der Waals surface area contributed by atoms with E-state index in [2.05, 4.69) is 39.6 Å². The number of rotatable bonds is 6. The number of carbonyl (C=O) groups excluding carboxylic acids is 1. The molecule has 1 aliphatic heterocycles. The molecule has 6 heteroatoms. The molecule has 0 spiro atoms. The summed E-state index contributed by atoms with van der Waals surface area (Å²) in [5.41, 5.74) is 4.77. The quantitative estimate of drug-likeness (QED) is 0.717. The molecule has 2 aromatic carbocycles. The minimum absolute atomic E-state index is 0.0487. The zero-order valence-corrected chi connectivity index (χ0v) is 16.4. The highest BCUT2D eigenvalue weighted by Gasteiger charge is 2.13. The van der Waals surface area contributed by atoms with E-state index in [4.69, 9.17) is 0 Å². The second-order valence-electron chi connectivity index (χ2n) is 7.54. The van der Waals surface area contributed by atoms with Gasteiger partial charge in [0.1, 0.15) is 5.52 Å². The largest absolute Gasteiger partial charge is 0.351 e. The fourth-order valence-electron chi connectivity index (χ4n) is 3.79. The van der Waals surface area contributed by atoms with E-state index in [1.165, 1.54) is 30.4 Å². The maximum atomic E-state index is 12.5. The van der Waals surface area contributed by atoms with Gasteiger partial charge in [-0.2, -0.15) is 0 Å². The van der Waals surface area contributed by atoms with Gasteiger partial charge in [-0.05, 0) is 62.2 Å². The molecule has 1 amide bonds. The maximum absolute atomic E-state index is 12.5. The Bertz CT molecular complexity index is 958. The molecular formula is C22H27N5O. The number of aromatic nitrogens is 3. The normalized spacial score (nSPS) is 15.0. The van der Waals surface area contributed by atoms with Gasteiger partial charge in [0.25, 0.3) is 5.91 Å². The molecule has 2 heterocycles. The Morgan fingerprint density at radius 2 is 1.93 bits per heavy atom. The third-order valence-electron chi connectivity index (χ3n) is 5.52. The van der Waals surface area contributed by atoms with Gasteiger partial charge in [0.15, 0.2) is 0 Å². The lowest BCUT2D eigenvalue weighted by atomic mass is 10.1. The Labute approximate surface area is 165 Å². The number of aryl methyl sites for hydroxylation is 1. The number of carbonyl (C=O) groups is 1. The van der Waals surface area contributed by atoms with E-state index in [1.807, 2.05) is 35.0 Å². The molecule has 146 valence electrons. The minimum Gasteiger partial charge on any atom is -0.351 e. The monoisotopic (exact) mass is 377 g/mol. The van der Waals surface area contributed by atoms with Crippen LogP contribution in [0.25, 0.3) is 11.0 Å². The van der Waals surface area contributed by atoms with Crippen molar-refractivity contribution < 1.29 is 4.79 Å². The fraction of sp³-hybridized carbons (Fsp3) is 0.409. The highest BCUT2D eigenvalue weighted by Crippen LogP contribution is 2.16. The highest BCUT2D eigenvalue weighted by molar-refractivity contribution is 5.97. The predicted octanol–water partition coefficient (Wildman–Crippen LogP) is 3.00. The van der Waals surface area contributed by atoms with Crippen LogP contribution in [0.1, 0.15) is 40.7 Å². The SMILES string of the molecule is Cc1ccccc1Cn1nnc2cc(C(=O)NCCN3CCCCC3)ccc21. The van der Waals surface area contributed by atoms with Gasteiger partial charge in [0.2, 0.25) is 0 Å². The lowest BCUT2D eigenvalue weighted by Crippen LogP contribution is -2.37. The highest BCUT2D eigenvalue weighted by atomic mass is 16.1. The van der Waals surface area contributed by atoms with Crippen molar-refractivity contribution in [1.82, 2.24) is 25.2 Å². The zero-order valence-electron chi connectivity index (χ0n) is 16.4. The summed E-state index contributed by atoms with van der Waals surface area (Å²) in [7, 11) is 0.